The Morgan fingerprint density at radius 2 is 1.34 bits per heavy atom. The Hall–Kier alpha value is -5.57. The molecule has 8 aromatic rings. The molecule has 4 nitrogen and oxygen atoms in total. The molecule has 282 valence electrons. The van der Waals surface area contributed by atoms with Crippen LogP contribution in [0.4, 0.5) is 0 Å². The van der Waals surface area contributed by atoms with Crippen molar-refractivity contribution in [2.75, 3.05) is 0 Å². The van der Waals surface area contributed by atoms with Crippen molar-refractivity contribution >= 4 is 11.0 Å². The first-order valence-electron chi connectivity index (χ1n) is 24.0. The molecule has 5 heteroatoms. The molecule has 1 N–H and O–H groups in total. The number of hydrogen-bond acceptors (Lipinski definition) is 3. The fraction of sp³-hybridized carbons (Fsp3) is 0.176. The molecule has 0 radical (unpaired) electrons. The Labute approximate surface area is 362 Å². The normalized spacial score (nSPS) is 15.8. The van der Waals surface area contributed by atoms with Crippen LogP contribution in [0.15, 0.2) is 146 Å². The average Bonchev–Trinajstić information content (AvgIpc) is 3.65. The minimum atomic E-state index is -3.38. The van der Waals surface area contributed by atoms with Gasteiger partial charge in [0.1, 0.15) is 11.6 Å². The number of aromatic hydroxyl groups is 1. The van der Waals surface area contributed by atoms with Gasteiger partial charge in [0.05, 0.1) is 16.6 Å². The van der Waals surface area contributed by atoms with Crippen molar-refractivity contribution in [1.29, 1.82) is 0 Å². The van der Waals surface area contributed by atoms with E-state index in [0.29, 0.717) is 67.2 Å². The van der Waals surface area contributed by atoms with Crippen molar-refractivity contribution in [2.24, 2.45) is 0 Å². The van der Waals surface area contributed by atoms with E-state index in [0.717, 1.165) is 11.1 Å². The van der Waals surface area contributed by atoms with Crippen LogP contribution < -0.4 is 0 Å². The van der Waals surface area contributed by atoms with Crippen LogP contribution in [0.2, 0.25) is 0 Å². The molecule has 0 aliphatic rings. The summed E-state index contributed by atoms with van der Waals surface area (Å²) in [6.07, 6.45) is 1.62. The topological polar surface area (TPSA) is 50.9 Å². The van der Waals surface area contributed by atoms with Crippen molar-refractivity contribution in [2.45, 2.75) is 59.0 Å². The first-order valence-corrected chi connectivity index (χ1v) is 18.0. The van der Waals surface area contributed by atoms with Gasteiger partial charge in [-0.3, -0.25) is 9.55 Å². The quantitative estimate of drug-likeness (QED) is 0.169. The number of aryl methyl sites for hydroxylation is 1. The van der Waals surface area contributed by atoms with E-state index in [1.165, 1.54) is 24.3 Å². The number of nitrogens with zero attached hydrogens (tertiary/aromatic N) is 3. The maximum absolute atomic E-state index is 11.3. The van der Waals surface area contributed by atoms with Crippen LogP contribution in [0.3, 0.4) is 0 Å². The van der Waals surface area contributed by atoms with Crippen molar-refractivity contribution in [1.82, 2.24) is 14.5 Å². The van der Waals surface area contributed by atoms with Crippen molar-refractivity contribution in [3.05, 3.63) is 168 Å². The van der Waals surface area contributed by atoms with Gasteiger partial charge in [0.2, 0.25) is 0 Å². The molecule has 0 atom stereocenters. The number of pyridine rings is 1. The monoisotopic (exact) mass is 923 g/mol. The van der Waals surface area contributed by atoms with Gasteiger partial charge in [0.25, 0.3) is 0 Å². The predicted molar refractivity (Wildman–Crippen MR) is 229 cm³/mol. The molecule has 8 rings (SSSR count). The number of imidazole rings is 1. The molecule has 0 unspecified atom stereocenters. The van der Waals surface area contributed by atoms with E-state index in [1.807, 2.05) is 71.3 Å². The molecule has 0 bridgehead atoms. The molecule has 6 aromatic carbocycles. The minimum Gasteiger partial charge on any atom is -0.507 e. The zero-order chi connectivity index (χ0) is 48.5. The summed E-state index contributed by atoms with van der Waals surface area (Å²) < 4.78 is 100. The van der Waals surface area contributed by atoms with Gasteiger partial charge in [-0.1, -0.05) is 143 Å². The molecule has 0 saturated carbocycles. The number of para-hydroxylation sites is 2. The van der Waals surface area contributed by atoms with Gasteiger partial charge in [0, 0.05) is 55.1 Å². The van der Waals surface area contributed by atoms with Crippen molar-refractivity contribution in [3.8, 4) is 67.5 Å². The first-order chi connectivity index (χ1) is 31.3. The number of phenols is 1. The molecule has 0 fully saturated rings. The van der Waals surface area contributed by atoms with E-state index in [4.69, 9.17) is 26.4 Å². The molecule has 0 saturated heterocycles. The molecular weight excluding hydrogens is 866 g/mol. The zero-order valence-electron chi connectivity index (χ0n) is 43.0. The van der Waals surface area contributed by atoms with E-state index >= 15 is 0 Å². The maximum Gasteiger partial charge on any atom is 0.148 e. The van der Waals surface area contributed by atoms with Gasteiger partial charge in [-0.25, -0.2) is 4.98 Å². The molecule has 0 aliphatic carbocycles. The molecule has 2 heterocycles. The Morgan fingerprint density at radius 3 is 2.07 bits per heavy atom. The molecule has 56 heavy (non-hydrogen) atoms. The largest absolute Gasteiger partial charge is 0.507 e. The van der Waals surface area contributed by atoms with Crippen LogP contribution in [-0.2, 0) is 31.9 Å². The molecule has 0 aliphatic heterocycles. The maximum atomic E-state index is 11.3. The van der Waals surface area contributed by atoms with Gasteiger partial charge < -0.3 is 5.11 Å². The number of aromatic nitrogens is 3. The second-order valence-electron chi connectivity index (χ2n) is 14.8. The summed E-state index contributed by atoms with van der Waals surface area (Å²) in [5.41, 5.74) is 4.80. The van der Waals surface area contributed by atoms with Crippen LogP contribution in [0.1, 0.15) is 74.5 Å². The van der Waals surface area contributed by atoms with Gasteiger partial charge in [-0.05, 0) is 87.5 Å². The Morgan fingerprint density at radius 1 is 0.625 bits per heavy atom. The average molecular weight is 924 g/mol. The third-order valence-electron chi connectivity index (χ3n) is 9.83. The standard InChI is InChI=1S/C51H46N3O.Pt/c1-33-26-37(34-14-9-8-10-15-34)31-42(27-33)54-46-18-13-17-43(48(46)53-49(54)44-16-11-12-19-47(44)55)38-28-39(30-41(29-38)51(5,6)7)45-32-36(24-25-52-45)35-20-22-40(23-21-35)50(2,3)4;/h8-27,29-32,55H,1-7H3;/q-1;/i1D3,2D3,3D3,4D3;. The van der Waals surface area contributed by atoms with Crippen LogP contribution >= 0.6 is 0 Å². The number of benzene rings is 6. The number of hydrogen-bond donors (Lipinski definition) is 1. The third-order valence-corrected chi connectivity index (χ3v) is 9.83. The summed E-state index contributed by atoms with van der Waals surface area (Å²) >= 11 is 0. The summed E-state index contributed by atoms with van der Waals surface area (Å²) in [7, 11) is 0. The van der Waals surface area contributed by atoms with Crippen LogP contribution in [0, 0.1) is 12.9 Å². The van der Waals surface area contributed by atoms with Crippen LogP contribution in [-0.4, -0.2) is 19.6 Å². The van der Waals surface area contributed by atoms with Gasteiger partial charge in [-0.2, -0.15) is 0 Å². The zero-order valence-corrected chi connectivity index (χ0v) is 33.2. The summed E-state index contributed by atoms with van der Waals surface area (Å²) in [6.45, 7) is -6.32. The van der Waals surface area contributed by atoms with Gasteiger partial charge >= 0.3 is 0 Å². The van der Waals surface area contributed by atoms with Crippen molar-refractivity contribution < 1.29 is 42.6 Å². The second kappa shape index (κ2) is 15.2. The first kappa shape index (κ1) is 26.3. The van der Waals surface area contributed by atoms with Crippen molar-refractivity contribution in [3.63, 3.8) is 0 Å². The number of rotatable bonds is 6. The van der Waals surface area contributed by atoms with E-state index in [9.17, 15) is 5.11 Å². The predicted octanol–water partition coefficient (Wildman–Crippen LogP) is 13.2. The fourth-order valence-electron chi connectivity index (χ4n) is 6.91. The van der Waals surface area contributed by atoms with Gasteiger partial charge in [-0.15, -0.1) is 29.3 Å². The summed E-state index contributed by atoms with van der Waals surface area (Å²) in [5, 5.41) is 11.3. The smallest absolute Gasteiger partial charge is 0.148 e. The molecular formula is C51H46N3OPt-. The summed E-state index contributed by atoms with van der Waals surface area (Å²) in [4.78, 5) is 9.96. The number of fused-ring (bicyclic) bond motifs is 1. The summed E-state index contributed by atoms with van der Waals surface area (Å²) in [5.74, 6) is 0.384. The van der Waals surface area contributed by atoms with E-state index in [-0.39, 0.29) is 43.4 Å². The Bertz CT molecular complexity index is 3090. The molecule has 2 aromatic heterocycles. The molecule has 0 spiro atoms. The minimum absolute atomic E-state index is 0. The molecule has 0 amide bonds. The van der Waals surface area contributed by atoms with E-state index in [1.54, 1.807) is 48.7 Å². The van der Waals surface area contributed by atoms with Crippen LogP contribution in [0.5, 0.6) is 5.75 Å². The van der Waals surface area contributed by atoms with Gasteiger partial charge in [0.15, 0.2) is 0 Å². The number of phenolic OH excluding ortho intramolecular Hbond substituents is 1. The third kappa shape index (κ3) is 7.64. The van der Waals surface area contributed by atoms with E-state index in [2.05, 4.69) is 32.9 Å². The van der Waals surface area contributed by atoms with E-state index < -0.39 is 32.8 Å². The Kier molecular flexibility index (Phi) is 7.13. The van der Waals surface area contributed by atoms with Crippen LogP contribution in [0.25, 0.3) is 72.7 Å². The SMILES string of the molecule is [2H]C([2H])([2H])c1cc(-c2ccccc2)cc(-n2c(-c3ccccc3O)nc3c(-c4[c-]c(-c5cc(-c6ccc(C(C([2H])([2H])[2H])(C([2H])([2H])[2H])C([2H])([2H])[2H])cc6)ccn5)cc(C(C)(C)C)c4)cccc32)c1.[Pt]. The second-order valence-corrected chi connectivity index (χ2v) is 14.8. The Balaban J connectivity index is 0.00000684. The fourth-order valence-corrected chi connectivity index (χ4v) is 6.91. The summed E-state index contributed by atoms with van der Waals surface area (Å²) in [6, 6.07) is 44.1.